The van der Waals surface area contributed by atoms with E-state index < -0.39 is 29.9 Å². The van der Waals surface area contributed by atoms with Crippen LogP contribution in [-0.2, 0) is 25.6 Å². The third-order valence-corrected chi connectivity index (χ3v) is 5.65. The number of amides is 3. The summed E-state index contributed by atoms with van der Waals surface area (Å²) >= 11 is 0. The number of carboxylic acids is 1. The van der Waals surface area contributed by atoms with Gasteiger partial charge in [0, 0.05) is 19.5 Å². The van der Waals surface area contributed by atoms with Crippen LogP contribution in [0.4, 0.5) is 0 Å². The molecule has 2 N–H and O–H groups in total. The highest BCUT2D eigenvalue weighted by Gasteiger charge is 2.40. The summed E-state index contributed by atoms with van der Waals surface area (Å²) in [5.41, 5.74) is 1.84. The fourth-order valence-electron chi connectivity index (χ4n) is 4.01. The minimum Gasteiger partial charge on any atom is -0.480 e. The van der Waals surface area contributed by atoms with Crippen LogP contribution in [0, 0.1) is 5.92 Å². The standard InChI is InChI=1S/C26H29N3O5/c1-17(2)24-25(32)29(22(15-28(24)18(3)30)20-12-8-5-9-13-20)16-23(31)27-21(26(33)34)14-19-10-6-4-7-11-19/h4-13,15,17,21,24H,14,16H2,1-3H3,(H,27,31)(H,33,34)/t21-,24?/m0/s1. The minimum atomic E-state index is -1.16. The minimum absolute atomic E-state index is 0.115. The average Bonchev–Trinajstić information content (AvgIpc) is 2.80. The number of carbonyl (C=O) groups excluding carboxylic acids is 3. The molecule has 8 nitrogen and oxygen atoms in total. The second-order valence-corrected chi connectivity index (χ2v) is 8.57. The van der Waals surface area contributed by atoms with Gasteiger partial charge in [-0.05, 0) is 17.0 Å². The van der Waals surface area contributed by atoms with Gasteiger partial charge < -0.3 is 15.3 Å². The maximum Gasteiger partial charge on any atom is 0.326 e. The van der Waals surface area contributed by atoms with Crippen molar-refractivity contribution >= 4 is 29.4 Å². The first-order chi connectivity index (χ1) is 16.2. The Labute approximate surface area is 198 Å². The van der Waals surface area contributed by atoms with Crippen molar-refractivity contribution in [3.8, 4) is 0 Å². The van der Waals surface area contributed by atoms with Gasteiger partial charge in [-0.25, -0.2) is 4.79 Å². The summed E-state index contributed by atoms with van der Waals surface area (Å²) in [6, 6.07) is 16.1. The molecule has 0 aliphatic carbocycles. The van der Waals surface area contributed by atoms with Gasteiger partial charge in [-0.2, -0.15) is 0 Å². The molecule has 0 radical (unpaired) electrons. The maximum absolute atomic E-state index is 13.5. The number of benzene rings is 2. The van der Waals surface area contributed by atoms with Crippen molar-refractivity contribution in [2.24, 2.45) is 5.92 Å². The van der Waals surface area contributed by atoms with Crippen LogP contribution in [0.25, 0.3) is 5.70 Å². The monoisotopic (exact) mass is 463 g/mol. The zero-order valence-corrected chi connectivity index (χ0v) is 19.5. The first-order valence-corrected chi connectivity index (χ1v) is 11.1. The molecule has 3 amide bonds. The van der Waals surface area contributed by atoms with E-state index in [2.05, 4.69) is 5.32 Å². The van der Waals surface area contributed by atoms with E-state index >= 15 is 0 Å². The summed E-state index contributed by atoms with van der Waals surface area (Å²) in [7, 11) is 0. The number of carbonyl (C=O) groups is 4. The lowest BCUT2D eigenvalue weighted by atomic mass is 9.97. The second-order valence-electron chi connectivity index (χ2n) is 8.57. The Morgan fingerprint density at radius 1 is 1.00 bits per heavy atom. The van der Waals surface area contributed by atoms with Crippen LogP contribution in [0.1, 0.15) is 31.9 Å². The van der Waals surface area contributed by atoms with E-state index in [4.69, 9.17) is 0 Å². The molecule has 0 saturated heterocycles. The van der Waals surface area contributed by atoms with Crippen LogP contribution >= 0.6 is 0 Å². The van der Waals surface area contributed by atoms with E-state index in [-0.39, 0.29) is 24.8 Å². The Morgan fingerprint density at radius 2 is 1.59 bits per heavy atom. The third-order valence-electron chi connectivity index (χ3n) is 5.65. The lowest BCUT2D eigenvalue weighted by Gasteiger charge is -2.40. The molecule has 178 valence electrons. The molecule has 3 rings (SSSR count). The second kappa shape index (κ2) is 10.8. The van der Waals surface area contributed by atoms with Crippen molar-refractivity contribution < 1.29 is 24.3 Å². The molecular weight excluding hydrogens is 434 g/mol. The fourth-order valence-corrected chi connectivity index (χ4v) is 4.01. The maximum atomic E-state index is 13.5. The molecule has 2 aromatic carbocycles. The summed E-state index contributed by atoms with van der Waals surface area (Å²) in [6.45, 7) is 4.69. The van der Waals surface area contributed by atoms with E-state index in [1.807, 2.05) is 26.0 Å². The van der Waals surface area contributed by atoms with E-state index in [1.165, 1.54) is 16.7 Å². The lowest BCUT2D eigenvalue weighted by Crippen LogP contribution is -2.56. The number of carboxylic acid groups (broad SMARTS) is 1. The molecule has 34 heavy (non-hydrogen) atoms. The zero-order chi connectivity index (χ0) is 24.8. The van der Waals surface area contributed by atoms with Crippen molar-refractivity contribution in [3.63, 3.8) is 0 Å². The molecule has 1 aliphatic rings. The first kappa shape index (κ1) is 24.7. The quantitative estimate of drug-likeness (QED) is 0.626. The third kappa shape index (κ3) is 5.70. The Morgan fingerprint density at radius 3 is 2.12 bits per heavy atom. The van der Waals surface area contributed by atoms with Crippen LogP contribution in [0.2, 0.25) is 0 Å². The number of hydrogen-bond donors (Lipinski definition) is 2. The van der Waals surface area contributed by atoms with Crippen LogP contribution in [-0.4, -0.2) is 57.2 Å². The molecule has 1 unspecified atom stereocenters. The van der Waals surface area contributed by atoms with E-state index in [9.17, 15) is 24.3 Å². The molecule has 2 aromatic rings. The predicted octanol–water partition coefficient (Wildman–Crippen LogP) is 2.51. The Hall–Kier alpha value is -3.94. The molecule has 0 bridgehead atoms. The van der Waals surface area contributed by atoms with Gasteiger partial charge in [-0.15, -0.1) is 0 Å². The lowest BCUT2D eigenvalue weighted by molar-refractivity contribution is -0.145. The Bertz CT molecular complexity index is 1080. The van der Waals surface area contributed by atoms with E-state index in [0.29, 0.717) is 11.3 Å². The summed E-state index contributed by atoms with van der Waals surface area (Å²) in [6.07, 6.45) is 1.71. The molecule has 0 aromatic heterocycles. The number of aliphatic carboxylic acids is 1. The van der Waals surface area contributed by atoms with Crippen LogP contribution in [0.3, 0.4) is 0 Å². The molecule has 2 atom stereocenters. The van der Waals surface area contributed by atoms with E-state index in [1.54, 1.807) is 54.7 Å². The fraction of sp³-hybridized carbons (Fsp3) is 0.308. The van der Waals surface area contributed by atoms with Crippen LogP contribution in [0.15, 0.2) is 66.9 Å². The Kier molecular flexibility index (Phi) is 7.83. The van der Waals surface area contributed by atoms with Gasteiger partial charge in [0.2, 0.25) is 11.8 Å². The topological polar surface area (TPSA) is 107 Å². The van der Waals surface area contributed by atoms with Crippen molar-refractivity contribution in [1.82, 2.24) is 15.1 Å². The van der Waals surface area contributed by atoms with Gasteiger partial charge >= 0.3 is 5.97 Å². The van der Waals surface area contributed by atoms with Gasteiger partial charge in [0.25, 0.3) is 5.91 Å². The largest absolute Gasteiger partial charge is 0.480 e. The number of nitrogens with zero attached hydrogens (tertiary/aromatic N) is 2. The SMILES string of the molecule is CC(=O)N1C=C(c2ccccc2)N(CC(=O)N[C@@H](Cc2ccccc2)C(=O)O)C(=O)C1C(C)C. The molecule has 0 fully saturated rings. The van der Waals surface area contributed by atoms with Crippen molar-refractivity contribution in [2.45, 2.75) is 39.3 Å². The highest BCUT2D eigenvalue weighted by molar-refractivity contribution is 5.99. The molecule has 1 aliphatic heterocycles. The highest BCUT2D eigenvalue weighted by atomic mass is 16.4. The van der Waals surface area contributed by atoms with E-state index in [0.717, 1.165) is 5.56 Å². The zero-order valence-electron chi connectivity index (χ0n) is 19.5. The molecule has 1 heterocycles. The predicted molar refractivity (Wildman–Crippen MR) is 127 cm³/mol. The summed E-state index contributed by atoms with van der Waals surface area (Å²) in [5.74, 6) is -2.63. The highest BCUT2D eigenvalue weighted by Crippen LogP contribution is 2.29. The van der Waals surface area contributed by atoms with Crippen molar-refractivity contribution in [1.29, 1.82) is 0 Å². The van der Waals surface area contributed by atoms with Crippen LogP contribution in [0.5, 0.6) is 0 Å². The number of rotatable bonds is 8. The van der Waals surface area contributed by atoms with Crippen molar-refractivity contribution in [2.75, 3.05) is 6.54 Å². The number of hydrogen-bond acceptors (Lipinski definition) is 4. The summed E-state index contributed by atoms with van der Waals surface area (Å²) in [4.78, 5) is 53.3. The van der Waals surface area contributed by atoms with Crippen LogP contribution < -0.4 is 5.32 Å². The molecule has 0 saturated carbocycles. The first-order valence-electron chi connectivity index (χ1n) is 11.1. The average molecular weight is 464 g/mol. The molecule has 8 heteroatoms. The van der Waals surface area contributed by atoms with Gasteiger partial charge in [0.1, 0.15) is 18.6 Å². The normalized spacial score (nSPS) is 16.8. The van der Waals surface area contributed by atoms with Gasteiger partial charge in [0.15, 0.2) is 0 Å². The summed E-state index contributed by atoms with van der Waals surface area (Å²) < 4.78 is 0. The smallest absolute Gasteiger partial charge is 0.326 e. The molecule has 0 spiro atoms. The van der Waals surface area contributed by atoms with Gasteiger partial charge in [-0.3, -0.25) is 19.3 Å². The molecular formula is C26H29N3O5. The summed E-state index contributed by atoms with van der Waals surface area (Å²) in [5, 5.41) is 12.2. The van der Waals surface area contributed by atoms with Gasteiger partial charge in [-0.1, -0.05) is 74.5 Å². The number of nitrogens with one attached hydrogen (secondary N) is 1. The van der Waals surface area contributed by atoms with Gasteiger partial charge in [0.05, 0.1) is 5.70 Å². The Balaban J connectivity index is 1.89. The van der Waals surface area contributed by atoms with Crippen molar-refractivity contribution in [3.05, 3.63) is 78.0 Å².